The zero-order valence-corrected chi connectivity index (χ0v) is 20.6. The third-order valence-electron chi connectivity index (χ3n) is 4.77. The summed E-state index contributed by atoms with van der Waals surface area (Å²) in [6, 6.07) is 0. The molecule has 0 fully saturated rings. The lowest BCUT2D eigenvalue weighted by Gasteiger charge is -2.16. The Morgan fingerprint density at radius 2 is 1.00 bits per heavy atom. The van der Waals surface area contributed by atoms with Gasteiger partial charge in [0.05, 0.1) is 39.3 Å². The molecule has 12 nitrogen and oxygen atoms in total. The molecule has 0 rings (SSSR count). The molecule has 0 atom stereocenters. The summed E-state index contributed by atoms with van der Waals surface area (Å²) in [6.45, 7) is 2.76. The Hall–Kier alpha value is -2.28. The molecule has 0 spiro atoms. The fourth-order valence-electron chi connectivity index (χ4n) is 2.66. The van der Waals surface area contributed by atoms with E-state index >= 15 is 0 Å². The Balaban J connectivity index is 3.64. The smallest absolute Gasteiger partial charge is 0.307 e. The third kappa shape index (κ3) is 20.3. The monoisotopic (exact) mass is 490 g/mol. The second-order valence-corrected chi connectivity index (χ2v) is 7.90. The zero-order valence-electron chi connectivity index (χ0n) is 20.6. The first-order valence-corrected chi connectivity index (χ1v) is 11.7. The molecular formula is C22H42N4O8. The average molecular weight is 491 g/mol. The van der Waals surface area contributed by atoms with Crippen LogP contribution >= 0.6 is 0 Å². The molecule has 0 bridgehead atoms. The van der Waals surface area contributed by atoms with Gasteiger partial charge in [-0.1, -0.05) is 0 Å². The lowest BCUT2D eigenvalue weighted by molar-refractivity contribution is -0.146. The molecule has 0 saturated carbocycles. The summed E-state index contributed by atoms with van der Waals surface area (Å²) in [5.74, 6) is -0.922. The number of hydrogen-bond acceptors (Lipinski definition) is 10. The van der Waals surface area contributed by atoms with Crippen LogP contribution in [0.15, 0.2) is 0 Å². The zero-order chi connectivity index (χ0) is 25.6. The SMILES string of the molecule is CN(CCC(=O)NCCO)CCC(=O)OCCCCOC(=O)CCN(C)CCC(=O)NCCO. The standard InChI is InChI=1S/C22H42N4O8/c1-25(11-5-19(29)23-9-15-27)13-7-21(31)33-17-3-4-18-34-22(32)8-14-26(2)12-6-20(30)24-10-16-28/h27-28H,3-18H2,1-2H3,(H,23,29)(H,24,30). The largest absolute Gasteiger partial charge is 0.466 e. The van der Waals surface area contributed by atoms with Crippen molar-refractivity contribution in [2.75, 3.05) is 79.8 Å². The van der Waals surface area contributed by atoms with Gasteiger partial charge in [0.15, 0.2) is 0 Å². The average Bonchev–Trinajstić information content (AvgIpc) is 2.82. The lowest BCUT2D eigenvalue weighted by atomic mass is 10.3. The summed E-state index contributed by atoms with van der Waals surface area (Å²) in [7, 11) is 3.63. The van der Waals surface area contributed by atoms with Crippen LogP contribution in [0.2, 0.25) is 0 Å². The molecule has 0 aromatic rings. The van der Waals surface area contributed by atoms with Crippen molar-refractivity contribution < 1.29 is 38.9 Å². The van der Waals surface area contributed by atoms with E-state index in [1.165, 1.54) is 0 Å². The molecule has 0 heterocycles. The van der Waals surface area contributed by atoms with Crippen molar-refractivity contribution in [2.45, 2.75) is 38.5 Å². The number of hydrogen-bond donors (Lipinski definition) is 4. The number of amides is 2. The summed E-state index contributed by atoms with van der Waals surface area (Å²) in [5, 5.41) is 22.4. The molecule has 0 aliphatic rings. The number of esters is 2. The van der Waals surface area contributed by atoms with Crippen LogP contribution in [0.1, 0.15) is 38.5 Å². The van der Waals surface area contributed by atoms with E-state index in [2.05, 4.69) is 10.6 Å². The minimum atomic E-state index is -0.318. The molecule has 198 valence electrons. The Kier molecular flexibility index (Phi) is 19.8. The van der Waals surface area contributed by atoms with Crippen LogP contribution in [0.25, 0.3) is 0 Å². The van der Waals surface area contributed by atoms with Gasteiger partial charge < -0.3 is 40.1 Å². The van der Waals surface area contributed by atoms with Crippen LogP contribution in [0, 0.1) is 0 Å². The van der Waals surface area contributed by atoms with Gasteiger partial charge in [0.2, 0.25) is 11.8 Å². The number of nitrogens with one attached hydrogen (secondary N) is 2. The normalized spacial score (nSPS) is 10.9. The Bertz CT molecular complexity index is 541. The highest BCUT2D eigenvalue weighted by molar-refractivity contribution is 5.76. The summed E-state index contributed by atoms with van der Waals surface area (Å²) >= 11 is 0. The van der Waals surface area contributed by atoms with E-state index in [4.69, 9.17) is 19.7 Å². The van der Waals surface area contributed by atoms with E-state index in [-0.39, 0.29) is 76.1 Å². The van der Waals surface area contributed by atoms with Crippen molar-refractivity contribution >= 4 is 23.8 Å². The van der Waals surface area contributed by atoms with Crippen LogP contribution in [0.5, 0.6) is 0 Å². The summed E-state index contributed by atoms with van der Waals surface area (Å²) < 4.78 is 10.3. The number of carbonyl (C=O) groups excluding carboxylic acids is 4. The minimum Gasteiger partial charge on any atom is -0.466 e. The highest BCUT2D eigenvalue weighted by Crippen LogP contribution is 1.99. The molecule has 4 N–H and O–H groups in total. The van der Waals surface area contributed by atoms with Gasteiger partial charge in [-0.2, -0.15) is 0 Å². The van der Waals surface area contributed by atoms with Crippen LogP contribution in [-0.4, -0.2) is 124 Å². The number of aliphatic hydroxyl groups excluding tert-OH is 2. The van der Waals surface area contributed by atoms with Gasteiger partial charge in [-0.15, -0.1) is 0 Å². The second kappa shape index (κ2) is 21.3. The van der Waals surface area contributed by atoms with E-state index in [1.54, 1.807) is 0 Å². The number of ether oxygens (including phenoxy) is 2. The van der Waals surface area contributed by atoms with E-state index in [0.29, 0.717) is 51.9 Å². The van der Waals surface area contributed by atoms with Gasteiger partial charge in [0.25, 0.3) is 0 Å². The molecule has 0 radical (unpaired) electrons. The van der Waals surface area contributed by atoms with Crippen molar-refractivity contribution in [1.29, 1.82) is 0 Å². The van der Waals surface area contributed by atoms with Gasteiger partial charge in [-0.05, 0) is 26.9 Å². The fourth-order valence-corrected chi connectivity index (χ4v) is 2.66. The second-order valence-electron chi connectivity index (χ2n) is 7.90. The quantitative estimate of drug-likeness (QED) is 0.110. The molecule has 2 amide bonds. The molecule has 34 heavy (non-hydrogen) atoms. The Labute approximate surface area is 201 Å². The maximum atomic E-state index is 11.8. The fraction of sp³-hybridized carbons (Fsp3) is 0.818. The van der Waals surface area contributed by atoms with Crippen LogP contribution in [0.4, 0.5) is 0 Å². The highest BCUT2D eigenvalue weighted by atomic mass is 16.5. The number of unbranched alkanes of at least 4 members (excludes halogenated alkanes) is 1. The first-order valence-electron chi connectivity index (χ1n) is 11.7. The maximum absolute atomic E-state index is 11.8. The molecule has 12 heteroatoms. The van der Waals surface area contributed by atoms with Gasteiger partial charge in [-0.25, -0.2) is 0 Å². The molecule has 0 saturated heterocycles. The molecule has 0 aromatic carbocycles. The number of aliphatic hydroxyl groups is 2. The third-order valence-corrected chi connectivity index (χ3v) is 4.77. The predicted octanol–water partition coefficient (Wildman–Crippen LogP) is -1.51. The molecule has 0 unspecified atom stereocenters. The van der Waals surface area contributed by atoms with E-state index in [0.717, 1.165) is 0 Å². The Morgan fingerprint density at radius 3 is 1.35 bits per heavy atom. The summed E-state index contributed by atoms with van der Waals surface area (Å²) in [5.41, 5.74) is 0. The van der Waals surface area contributed by atoms with Crippen LogP contribution in [0.3, 0.4) is 0 Å². The molecular weight excluding hydrogens is 448 g/mol. The van der Waals surface area contributed by atoms with Crippen molar-refractivity contribution in [3.63, 3.8) is 0 Å². The van der Waals surface area contributed by atoms with Crippen molar-refractivity contribution in [1.82, 2.24) is 20.4 Å². The Morgan fingerprint density at radius 1 is 0.647 bits per heavy atom. The molecule has 0 aliphatic heterocycles. The van der Waals surface area contributed by atoms with Gasteiger partial charge in [0.1, 0.15) is 0 Å². The summed E-state index contributed by atoms with van der Waals surface area (Å²) in [4.78, 5) is 50.2. The first-order chi connectivity index (χ1) is 16.3. The predicted molar refractivity (Wildman–Crippen MR) is 125 cm³/mol. The highest BCUT2D eigenvalue weighted by Gasteiger charge is 2.09. The van der Waals surface area contributed by atoms with E-state index < -0.39 is 0 Å². The van der Waals surface area contributed by atoms with Gasteiger partial charge >= 0.3 is 11.9 Å². The van der Waals surface area contributed by atoms with Gasteiger partial charge in [-0.3, -0.25) is 19.2 Å². The number of rotatable bonds is 21. The van der Waals surface area contributed by atoms with E-state index in [9.17, 15) is 19.2 Å². The first kappa shape index (κ1) is 31.7. The van der Waals surface area contributed by atoms with Crippen molar-refractivity contribution in [3.8, 4) is 0 Å². The van der Waals surface area contributed by atoms with Crippen LogP contribution < -0.4 is 10.6 Å². The molecule has 0 aromatic heterocycles. The minimum absolute atomic E-state index is 0.0937. The molecule has 0 aliphatic carbocycles. The topological polar surface area (TPSA) is 158 Å². The van der Waals surface area contributed by atoms with Crippen molar-refractivity contribution in [2.24, 2.45) is 0 Å². The number of nitrogens with zero attached hydrogens (tertiary/aromatic N) is 2. The number of carbonyl (C=O) groups is 4. The van der Waals surface area contributed by atoms with E-state index in [1.807, 2.05) is 23.9 Å². The lowest BCUT2D eigenvalue weighted by Crippen LogP contribution is -2.31. The summed E-state index contributed by atoms with van der Waals surface area (Å²) in [6.07, 6.45) is 2.21. The maximum Gasteiger partial charge on any atom is 0.307 e. The van der Waals surface area contributed by atoms with Crippen LogP contribution in [-0.2, 0) is 28.7 Å². The van der Waals surface area contributed by atoms with Gasteiger partial charge in [0, 0.05) is 52.1 Å². The van der Waals surface area contributed by atoms with Crippen molar-refractivity contribution in [3.05, 3.63) is 0 Å².